The number of nitrogens with two attached hydrogens (primary N) is 1. The summed E-state index contributed by atoms with van der Waals surface area (Å²) in [5.41, 5.74) is 7.48. The number of rotatable bonds is 3. The standard InChI is InChI=1S/C14H18F2N4/c1-7(2)13-12(17)14(20(4)19-13)18-11-6-9(15)8(3)5-10(11)16/h5-7,18H,17H2,1-4H3. The van der Waals surface area contributed by atoms with Crippen molar-refractivity contribution in [2.45, 2.75) is 26.7 Å². The molecule has 0 fully saturated rings. The van der Waals surface area contributed by atoms with Crippen LogP contribution in [0.4, 0.5) is 26.0 Å². The first kappa shape index (κ1) is 14.3. The molecule has 108 valence electrons. The van der Waals surface area contributed by atoms with Gasteiger partial charge in [0.15, 0.2) is 5.82 Å². The van der Waals surface area contributed by atoms with E-state index in [-0.39, 0.29) is 17.2 Å². The third-order valence-electron chi connectivity index (χ3n) is 3.16. The molecule has 0 bridgehead atoms. The van der Waals surface area contributed by atoms with Crippen molar-refractivity contribution in [3.05, 3.63) is 35.0 Å². The molecule has 0 saturated heterocycles. The molecule has 2 rings (SSSR count). The van der Waals surface area contributed by atoms with Crippen LogP contribution in [0, 0.1) is 18.6 Å². The summed E-state index contributed by atoms with van der Waals surface area (Å²) in [5, 5.41) is 7.10. The van der Waals surface area contributed by atoms with Crippen LogP contribution >= 0.6 is 0 Å². The molecule has 0 radical (unpaired) electrons. The maximum Gasteiger partial charge on any atom is 0.152 e. The molecule has 0 saturated carbocycles. The number of nitrogen functional groups attached to an aromatic ring is 1. The molecule has 6 heteroatoms. The molecule has 0 aliphatic heterocycles. The molecular formula is C14H18F2N4. The Kier molecular flexibility index (Phi) is 3.65. The van der Waals surface area contributed by atoms with E-state index in [9.17, 15) is 8.78 Å². The van der Waals surface area contributed by atoms with Crippen molar-refractivity contribution in [2.24, 2.45) is 7.05 Å². The quantitative estimate of drug-likeness (QED) is 0.905. The Bertz CT molecular complexity index is 647. The minimum Gasteiger partial charge on any atom is -0.394 e. The minimum atomic E-state index is -0.532. The molecular weight excluding hydrogens is 262 g/mol. The Labute approximate surface area is 116 Å². The molecule has 0 atom stereocenters. The second-order valence-corrected chi connectivity index (χ2v) is 5.13. The van der Waals surface area contributed by atoms with Gasteiger partial charge in [-0.25, -0.2) is 8.78 Å². The van der Waals surface area contributed by atoms with E-state index in [4.69, 9.17) is 5.73 Å². The highest BCUT2D eigenvalue weighted by Crippen LogP contribution is 2.31. The predicted octanol–water partition coefficient (Wildman–Crippen LogP) is 3.46. The zero-order chi connectivity index (χ0) is 15.0. The topological polar surface area (TPSA) is 55.9 Å². The molecule has 1 heterocycles. The van der Waals surface area contributed by atoms with Crippen molar-refractivity contribution in [1.82, 2.24) is 9.78 Å². The van der Waals surface area contributed by atoms with Crippen molar-refractivity contribution in [3.63, 3.8) is 0 Å². The van der Waals surface area contributed by atoms with Gasteiger partial charge >= 0.3 is 0 Å². The van der Waals surface area contributed by atoms with Gasteiger partial charge < -0.3 is 11.1 Å². The van der Waals surface area contributed by atoms with Crippen molar-refractivity contribution >= 4 is 17.2 Å². The fourth-order valence-corrected chi connectivity index (χ4v) is 2.01. The van der Waals surface area contributed by atoms with Crippen LogP contribution in [-0.2, 0) is 7.05 Å². The van der Waals surface area contributed by atoms with E-state index < -0.39 is 11.6 Å². The third kappa shape index (κ3) is 2.45. The smallest absolute Gasteiger partial charge is 0.152 e. The Morgan fingerprint density at radius 2 is 1.90 bits per heavy atom. The van der Waals surface area contributed by atoms with Gasteiger partial charge in [-0.05, 0) is 24.5 Å². The van der Waals surface area contributed by atoms with E-state index in [0.29, 0.717) is 11.5 Å². The summed E-state index contributed by atoms with van der Waals surface area (Å²) in [6.45, 7) is 5.45. The molecule has 2 aromatic rings. The number of nitrogens with one attached hydrogen (secondary N) is 1. The van der Waals surface area contributed by atoms with E-state index in [1.807, 2.05) is 13.8 Å². The summed E-state index contributed by atoms with van der Waals surface area (Å²) in [5.74, 6) is -0.401. The van der Waals surface area contributed by atoms with Crippen LogP contribution in [0.3, 0.4) is 0 Å². The summed E-state index contributed by atoms with van der Waals surface area (Å²) in [6.07, 6.45) is 0. The lowest BCUT2D eigenvalue weighted by Gasteiger charge is -2.10. The average molecular weight is 280 g/mol. The van der Waals surface area contributed by atoms with Crippen LogP contribution in [0.15, 0.2) is 12.1 Å². The maximum absolute atomic E-state index is 13.8. The zero-order valence-electron chi connectivity index (χ0n) is 12.0. The number of aromatic nitrogens is 2. The summed E-state index contributed by atoms with van der Waals surface area (Å²) in [7, 11) is 1.70. The number of nitrogens with zero attached hydrogens (tertiary/aromatic N) is 2. The van der Waals surface area contributed by atoms with Crippen molar-refractivity contribution in [3.8, 4) is 0 Å². The van der Waals surface area contributed by atoms with Crippen LogP contribution in [0.2, 0.25) is 0 Å². The molecule has 0 unspecified atom stereocenters. The molecule has 0 aliphatic carbocycles. The summed E-state index contributed by atoms with van der Waals surface area (Å²) < 4.78 is 28.9. The lowest BCUT2D eigenvalue weighted by atomic mass is 10.1. The van der Waals surface area contributed by atoms with Crippen LogP contribution in [0.1, 0.15) is 31.0 Å². The average Bonchev–Trinajstić information content (AvgIpc) is 2.63. The van der Waals surface area contributed by atoms with Gasteiger partial charge in [0, 0.05) is 13.1 Å². The Morgan fingerprint density at radius 3 is 2.45 bits per heavy atom. The first-order chi connectivity index (χ1) is 9.31. The number of halogens is 2. The molecule has 1 aromatic carbocycles. The van der Waals surface area contributed by atoms with Crippen LogP contribution in [0.25, 0.3) is 0 Å². The lowest BCUT2D eigenvalue weighted by Crippen LogP contribution is -2.03. The maximum atomic E-state index is 13.8. The van der Waals surface area contributed by atoms with Crippen molar-refractivity contribution < 1.29 is 8.78 Å². The molecule has 20 heavy (non-hydrogen) atoms. The minimum absolute atomic E-state index is 0.0399. The fourth-order valence-electron chi connectivity index (χ4n) is 2.01. The van der Waals surface area contributed by atoms with E-state index in [2.05, 4.69) is 10.4 Å². The first-order valence-electron chi connectivity index (χ1n) is 6.36. The summed E-state index contributed by atoms with van der Waals surface area (Å²) in [6, 6.07) is 2.26. The van der Waals surface area contributed by atoms with Gasteiger partial charge in [0.25, 0.3) is 0 Å². The highest BCUT2D eigenvalue weighted by atomic mass is 19.1. The van der Waals surface area contributed by atoms with Crippen LogP contribution in [-0.4, -0.2) is 9.78 Å². The molecule has 0 amide bonds. The zero-order valence-corrected chi connectivity index (χ0v) is 12.0. The summed E-state index contributed by atoms with van der Waals surface area (Å²) >= 11 is 0. The van der Waals surface area contributed by atoms with Crippen molar-refractivity contribution in [1.29, 1.82) is 0 Å². The lowest BCUT2D eigenvalue weighted by molar-refractivity contribution is 0.595. The Hall–Kier alpha value is -2.11. The SMILES string of the molecule is Cc1cc(F)c(Nc2c(N)c(C(C)C)nn2C)cc1F. The monoisotopic (exact) mass is 280 g/mol. The van der Waals surface area contributed by atoms with Gasteiger partial charge in [0.1, 0.15) is 11.6 Å². The van der Waals surface area contributed by atoms with E-state index >= 15 is 0 Å². The number of hydrogen-bond donors (Lipinski definition) is 2. The largest absolute Gasteiger partial charge is 0.394 e. The highest BCUT2D eigenvalue weighted by molar-refractivity contribution is 5.72. The molecule has 0 aliphatic rings. The molecule has 3 N–H and O–H groups in total. The van der Waals surface area contributed by atoms with Gasteiger partial charge in [-0.2, -0.15) is 5.10 Å². The Morgan fingerprint density at radius 1 is 1.25 bits per heavy atom. The second kappa shape index (κ2) is 5.11. The molecule has 4 nitrogen and oxygen atoms in total. The third-order valence-corrected chi connectivity index (χ3v) is 3.16. The van der Waals surface area contributed by atoms with Gasteiger partial charge in [0.05, 0.1) is 17.1 Å². The number of hydrogen-bond acceptors (Lipinski definition) is 3. The van der Waals surface area contributed by atoms with Crippen LogP contribution < -0.4 is 11.1 Å². The van der Waals surface area contributed by atoms with Gasteiger partial charge in [-0.3, -0.25) is 4.68 Å². The van der Waals surface area contributed by atoms with Crippen LogP contribution in [0.5, 0.6) is 0 Å². The molecule has 1 aromatic heterocycles. The second-order valence-electron chi connectivity index (χ2n) is 5.13. The van der Waals surface area contributed by atoms with Crippen molar-refractivity contribution in [2.75, 3.05) is 11.1 Å². The highest BCUT2D eigenvalue weighted by Gasteiger charge is 2.17. The van der Waals surface area contributed by atoms with Gasteiger partial charge in [-0.1, -0.05) is 13.8 Å². The number of aryl methyl sites for hydroxylation is 2. The predicted molar refractivity (Wildman–Crippen MR) is 76.1 cm³/mol. The van der Waals surface area contributed by atoms with E-state index in [1.54, 1.807) is 7.05 Å². The summed E-state index contributed by atoms with van der Waals surface area (Å²) in [4.78, 5) is 0. The number of benzene rings is 1. The van der Waals surface area contributed by atoms with Gasteiger partial charge in [-0.15, -0.1) is 0 Å². The molecule has 0 spiro atoms. The Balaban J connectivity index is 2.43. The normalized spacial score (nSPS) is 11.2. The fraction of sp³-hybridized carbons (Fsp3) is 0.357. The first-order valence-corrected chi connectivity index (χ1v) is 6.36. The van der Waals surface area contributed by atoms with Gasteiger partial charge in [0.2, 0.25) is 0 Å². The van der Waals surface area contributed by atoms with E-state index in [1.165, 1.54) is 11.6 Å². The van der Waals surface area contributed by atoms with E-state index in [0.717, 1.165) is 17.8 Å². The number of anilines is 3.